The molecular weight excluding hydrogens is 278 g/mol. The SMILES string of the molecule is CN(CC#Cc1nc(Cl)ccc1N)C(=O)OC(C)(C)C. The Morgan fingerprint density at radius 3 is 2.75 bits per heavy atom. The second-order valence-electron chi connectivity index (χ2n) is 5.21. The number of aromatic nitrogens is 1. The summed E-state index contributed by atoms with van der Waals surface area (Å²) in [6.07, 6.45) is -0.432. The lowest BCUT2D eigenvalue weighted by Crippen LogP contribution is -2.34. The molecule has 0 bridgehead atoms. The first kappa shape index (κ1) is 16.1. The summed E-state index contributed by atoms with van der Waals surface area (Å²) in [7, 11) is 1.61. The first-order chi connectivity index (χ1) is 9.19. The van der Waals surface area contributed by atoms with E-state index in [4.69, 9.17) is 22.1 Å². The fraction of sp³-hybridized carbons (Fsp3) is 0.429. The Hall–Kier alpha value is -1.93. The molecule has 0 aliphatic carbocycles. The zero-order valence-electron chi connectivity index (χ0n) is 12.0. The number of amides is 1. The maximum Gasteiger partial charge on any atom is 0.410 e. The lowest BCUT2D eigenvalue weighted by molar-refractivity contribution is 0.0321. The minimum atomic E-state index is -0.530. The Balaban J connectivity index is 2.66. The van der Waals surface area contributed by atoms with E-state index in [0.717, 1.165) is 0 Å². The van der Waals surface area contributed by atoms with Crippen molar-refractivity contribution in [2.75, 3.05) is 19.3 Å². The highest BCUT2D eigenvalue weighted by atomic mass is 35.5. The van der Waals surface area contributed by atoms with Crippen molar-refractivity contribution in [2.45, 2.75) is 26.4 Å². The van der Waals surface area contributed by atoms with Gasteiger partial charge >= 0.3 is 6.09 Å². The van der Waals surface area contributed by atoms with Gasteiger partial charge in [-0.05, 0) is 38.8 Å². The quantitative estimate of drug-likeness (QED) is 0.638. The Bertz CT molecular complexity index is 556. The summed E-state index contributed by atoms with van der Waals surface area (Å²) >= 11 is 5.76. The number of nitrogens with two attached hydrogens (primary N) is 1. The summed E-state index contributed by atoms with van der Waals surface area (Å²) in [5.41, 5.74) is 6.03. The van der Waals surface area contributed by atoms with Gasteiger partial charge in [0.2, 0.25) is 0 Å². The minimum absolute atomic E-state index is 0.211. The van der Waals surface area contributed by atoms with E-state index in [1.165, 1.54) is 4.90 Å². The van der Waals surface area contributed by atoms with Crippen LogP contribution in [0.15, 0.2) is 12.1 Å². The molecule has 0 unspecified atom stereocenters. The first-order valence-corrected chi connectivity index (χ1v) is 6.42. The van der Waals surface area contributed by atoms with E-state index in [2.05, 4.69) is 16.8 Å². The molecule has 5 nitrogen and oxygen atoms in total. The summed E-state index contributed by atoms with van der Waals surface area (Å²) in [5, 5.41) is 0.323. The van der Waals surface area contributed by atoms with E-state index in [9.17, 15) is 4.79 Å². The summed E-state index contributed by atoms with van der Waals surface area (Å²) < 4.78 is 5.20. The van der Waals surface area contributed by atoms with Crippen LogP contribution in [0.2, 0.25) is 5.15 Å². The predicted molar refractivity (Wildman–Crippen MR) is 79.4 cm³/mol. The molecule has 0 aromatic carbocycles. The van der Waals surface area contributed by atoms with Gasteiger partial charge in [-0.3, -0.25) is 0 Å². The monoisotopic (exact) mass is 295 g/mol. The summed E-state index contributed by atoms with van der Waals surface area (Å²) in [5.74, 6) is 5.59. The van der Waals surface area contributed by atoms with Gasteiger partial charge in [0.05, 0.1) is 12.2 Å². The molecule has 0 spiro atoms. The number of hydrogen-bond donors (Lipinski definition) is 1. The van der Waals surface area contributed by atoms with Crippen LogP contribution < -0.4 is 5.73 Å². The molecule has 0 atom stereocenters. The van der Waals surface area contributed by atoms with Crippen molar-refractivity contribution in [3.8, 4) is 11.8 Å². The highest BCUT2D eigenvalue weighted by Gasteiger charge is 2.18. The lowest BCUT2D eigenvalue weighted by atomic mass is 10.2. The summed E-state index contributed by atoms with van der Waals surface area (Å²) in [4.78, 5) is 17.1. The molecule has 0 saturated carbocycles. The molecule has 108 valence electrons. The number of hydrogen-bond acceptors (Lipinski definition) is 4. The first-order valence-electron chi connectivity index (χ1n) is 6.04. The van der Waals surface area contributed by atoms with Crippen molar-refractivity contribution in [3.05, 3.63) is 23.0 Å². The van der Waals surface area contributed by atoms with Gasteiger partial charge in [-0.2, -0.15) is 0 Å². The molecule has 0 aliphatic heterocycles. The molecule has 1 aromatic heterocycles. The third-order valence-electron chi connectivity index (χ3n) is 2.12. The normalized spacial score (nSPS) is 10.4. The van der Waals surface area contributed by atoms with Crippen molar-refractivity contribution < 1.29 is 9.53 Å². The number of halogens is 1. The van der Waals surface area contributed by atoms with Gasteiger partial charge in [0.15, 0.2) is 0 Å². The topological polar surface area (TPSA) is 68.5 Å². The molecule has 1 heterocycles. The van der Waals surface area contributed by atoms with Crippen LogP contribution in [0.25, 0.3) is 0 Å². The zero-order valence-corrected chi connectivity index (χ0v) is 12.8. The van der Waals surface area contributed by atoms with Crippen LogP contribution in [0.3, 0.4) is 0 Å². The maximum absolute atomic E-state index is 11.7. The molecule has 0 fully saturated rings. The van der Waals surface area contributed by atoms with Crippen molar-refractivity contribution >= 4 is 23.4 Å². The Kier molecular flexibility index (Phi) is 5.23. The van der Waals surface area contributed by atoms with Gasteiger partial charge in [0.25, 0.3) is 0 Å². The highest BCUT2D eigenvalue weighted by molar-refractivity contribution is 6.29. The second kappa shape index (κ2) is 6.49. The lowest BCUT2D eigenvalue weighted by Gasteiger charge is -2.23. The number of nitrogens with zero attached hydrogens (tertiary/aromatic N) is 2. The molecule has 0 saturated heterocycles. The van der Waals surface area contributed by atoms with Crippen molar-refractivity contribution in [2.24, 2.45) is 0 Å². The van der Waals surface area contributed by atoms with Gasteiger partial charge in [-0.25, -0.2) is 9.78 Å². The third-order valence-corrected chi connectivity index (χ3v) is 2.33. The van der Waals surface area contributed by atoms with E-state index < -0.39 is 11.7 Å². The van der Waals surface area contributed by atoms with Crippen LogP contribution in [0, 0.1) is 11.8 Å². The molecule has 0 aliphatic rings. The number of carbonyl (C=O) groups excluding carboxylic acids is 1. The number of rotatable bonds is 1. The average Bonchev–Trinajstić information content (AvgIpc) is 2.31. The molecule has 0 radical (unpaired) electrons. The largest absolute Gasteiger partial charge is 0.444 e. The van der Waals surface area contributed by atoms with Gasteiger partial charge in [-0.15, -0.1) is 0 Å². The average molecular weight is 296 g/mol. The summed E-state index contributed by atoms with van der Waals surface area (Å²) in [6.45, 7) is 5.63. The number of carbonyl (C=O) groups is 1. The van der Waals surface area contributed by atoms with Crippen molar-refractivity contribution in [3.63, 3.8) is 0 Å². The molecular formula is C14H18ClN3O2. The standard InChI is InChI=1S/C14H18ClN3O2/c1-14(2,3)20-13(19)18(4)9-5-6-11-10(16)7-8-12(15)17-11/h7-8H,9,16H2,1-4H3. The van der Waals surface area contributed by atoms with Crippen molar-refractivity contribution in [1.82, 2.24) is 9.88 Å². The predicted octanol–water partition coefficient (Wildman–Crippen LogP) is 2.54. The van der Waals surface area contributed by atoms with Crippen LogP contribution >= 0.6 is 11.6 Å². The van der Waals surface area contributed by atoms with Crippen molar-refractivity contribution in [1.29, 1.82) is 0 Å². The zero-order chi connectivity index (χ0) is 15.3. The van der Waals surface area contributed by atoms with Crippen LogP contribution in [-0.4, -0.2) is 35.2 Å². The fourth-order valence-corrected chi connectivity index (χ4v) is 1.34. The molecule has 1 aromatic rings. The molecule has 2 N–H and O–H groups in total. The Morgan fingerprint density at radius 2 is 2.15 bits per heavy atom. The van der Waals surface area contributed by atoms with E-state index >= 15 is 0 Å². The van der Waals surface area contributed by atoms with E-state index in [0.29, 0.717) is 16.5 Å². The maximum atomic E-state index is 11.7. The van der Waals surface area contributed by atoms with Crippen LogP contribution in [0.4, 0.5) is 10.5 Å². The van der Waals surface area contributed by atoms with Gasteiger partial charge in [0, 0.05) is 7.05 Å². The van der Waals surface area contributed by atoms with Gasteiger partial charge in [-0.1, -0.05) is 17.5 Å². The van der Waals surface area contributed by atoms with Crippen LogP contribution in [0.1, 0.15) is 26.5 Å². The number of anilines is 1. The van der Waals surface area contributed by atoms with Crippen LogP contribution in [0.5, 0.6) is 0 Å². The highest BCUT2D eigenvalue weighted by Crippen LogP contribution is 2.12. The molecule has 20 heavy (non-hydrogen) atoms. The number of ether oxygens (including phenoxy) is 1. The van der Waals surface area contributed by atoms with Gasteiger partial charge in [0.1, 0.15) is 16.4 Å². The fourth-order valence-electron chi connectivity index (χ4n) is 1.19. The number of nitrogen functional groups attached to an aromatic ring is 1. The molecule has 1 rings (SSSR count). The summed E-state index contributed by atoms with van der Waals surface area (Å²) in [6, 6.07) is 3.23. The molecule has 6 heteroatoms. The second-order valence-corrected chi connectivity index (χ2v) is 5.60. The van der Waals surface area contributed by atoms with E-state index in [1.54, 1.807) is 40.0 Å². The Morgan fingerprint density at radius 1 is 1.50 bits per heavy atom. The Labute approximate surface area is 124 Å². The smallest absolute Gasteiger partial charge is 0.410 e. The van der Waals surface area contributed by atoms with E-state index in [-0.39, 0.29) is 6.54 Å². The third kappa shape index (κ3) is 5.37. The minimum Gasteiger partial charge on any atom is -0.444 e. The number of pyridine rings is 1. The van der Waals surface area contributed by atoms with Gasteiger partial charge < -0.3 is 15.4 Å². The van der Waals surface area contributed by atoms with Crippen LogP contribution in [-0.2, 0) is 4.74 Å². The molecule has 1 amide bonds. The van der Waals surface area contributed by atoms with E-state index in [1.807, 2.05) is 0 Å².